The van der Waals surface area contributed by atoms with Crippen LogP contribution >= 0.6 is 0 Å². The molecule has 8 nitrogen and oxygen atoms in total. The van der Waals surface area contributed by atoms with Crippen molar-refractivity contribution in [2.75, 3.05) is 0 Å². The number of nitrogens with zero attached hydrogens (tertiary/aromatic N) is 3. The summed E-state index contributed by atoms with van der Waals surface area (Å²) in [6, 6.07) is 15.7. The maximum atomic E-state index is 12.4. The topological polar surface area (TPSA) is 119 Å². The third kappa shape index (κ3) is 4.61. The minimum Gasteiger partial charge on any atom is -0.366 e. The molecule has 0 aliphatic heterocycles. The first-order valence-electron chi connectivity index (χ1n) is 11.5. The molecule has 1 aliphatic rings. The number of carbonyl (C=O) groups is 2. The first kappa shape index (κ1) is 21.6. The predicted molar refractivity (Wildman–Crippen MR) is 129 cm³/mol. The molecule has 2 amide bonds. The van der Waals surface area contributed by atoms with Crippen molar-refractivity contribution in [3.05, 3.63) is 78.4 Å². The van der Waals surface area contributed by atoms with Crippen molar-refractivity contribution in [2.45, 2.75) is 38.1 Å². The van der Waals surface area contributed by atoms with Gasteiger partial charge in [0.05, 0.1) is 17.5 Å². The van der Waals surface area contributed by atoms with Gasteiger partial charge in [-0.15, -0.1) is 0 Å². The molecule has 172 valence electrons. The number of rotatable bonds is 9. The van der Waals surface area contributed by atoms with Crippen LogP contribution in [0.4, 0.5) is 0 Å². The van der Waals surface area contributed by atoms with E-state index in [0.29, 0.717) is 42.3 Å². The number of para-hydroxylation sites is 1. The van der Waals surface area contributed by atoms with Gasteiger partial charge in [0.25, 0.3) is 0 Å². The normalized spacial score (nSPS) is 13.1. The lowest BCUT2D eigenvalue weighted by molar-refractivity contribution is -0.121. The highest BCUT2D eigenvalue weighted by Gasteiger charge is 2.24. The average Bonchev–Trinajstić information content (AvgIpc) is 3.32. The van der Waals surface area contributed by atoms with E-state index < -0.39 is 5.91 Å². The van der Waals surface area contributed by atoms with Gasteiger partial charge in [-0.1, -0.05) is 30.3 Å². The molecule has 0 unspecified atom stereocenters. The van der Waals surface area contributed by atoms with E-state index in [1.807, 2.05) is 47.2 Å². The van der Waals surface area contributed by atoms with Crippen molar-refractivity contribution in [3.63, 3.8) is 0 Å². The minimum absolute atomic E-state index is 0.0894. The van der Waals surface area contributed by atoms with E-state index in [-0.39, 0.29) is 5.91 Å². The van der Waals surface area contributed by atoms with Crippen LogP contribution < -0.4 is 11.1 Å². The van der Waals surface area contributed by atoms with E-state index >= 15 is 0 Å². The maximum Gasteiger partial charge on any atom is 0.249 e. The number of nitrogens with two attached hydrogens (primary N) is 1. The van der Waals surface area contributed by atoms with Crippen molar-refractivity contribution in [1.29, 1.82) is 0 Å². The molecule has 4 N–H and O–H groups in total. The summed E-state index contributed by atoms with van der Waals surface area (Å²) in [5.41, 5.74) is 10.2. The first-order valence-corrected chi connectivity index (χ1v) is 11.5. The molecule has 0 atom stereocenters. The quantitative estimate of drug-likeness (QED) is 0.358. The second-order valence-corrected chi connectivity index (χ2v) is 8.54. The minimum atomic E-state index is -0.527. The van der Waals surface area contributed by atoms with Crippen LogP contribution in [0.15, 0.2) is 67.1 Å². The van der Waals surface area contributed by atoms with Crippen molar-refractivity contribution >= 4 is 11.8 Å². The van der Waals surface area contributed by atoms with E-state index in [9.17, 15) is 9.59 Å². The summed E-state index contributed by atoms with van der Waals surface area (Å²) in [7, 11) is 0. The Balaban J connectivity index is 1.55. The summed E-state index contributed by atoms with van der Waals surface area (Å²) in [4.78, 5) is 29.5. The van der Waals surface area contributed by atoms with Crippen LogP contribution in [-0.4, -0.2) is 37.6 Å². The lowest BCUT2D eigenvalue weighted by atomic mass is 9.96. The number of imidazole rings is 1. The van der Waals surface area contributed by atoms with E-state index in [4.69, 9.17) is 10.7 Å². The zero-order valence-electron chi connectivity index (χ0n) is 18.7. The highest BCUT2D eigenvalue weighted by Crippen LogP contribution is 2.35. The van der Waals surface area contributed by atoms with Crippen LogP contribution in [0.1, 0.15) is 41.7 Å². The summed E-state index contributed by atoms with van der Waals surface area (Å²) in [6.45, 7) is 0. The molecule has 5 rings (SSSR count). The monoisotopic (exact) mass is 454 g/mol. The number of carbonyl (C=O) groups excluding carboxylic acids is 2. The number of hydrogen-bond donors (Lipinski definition) is 3. The van der Waals surface area contributed by atoms with Gasteiger partial charge in [-0.3, -0.25) is 19.3 Å². The molecule has 1 aliphatic carbocycles. The Bertz CT molecular complexity index is 1310. The molecule has 8 heteroatoms. The largest absolute Gasteiger partial charge is 0.366 e. The van der Waals surface area contributed by atoms with E-state index in [1.165, 1.54) is 0 Å². The SMILES string of the molecule is NC(=O)c1cccc(-c2cn[nH]c2)c1-c1nc(CCCC(=O)NC2CC2)cn1-c1ccccc1. The summed E-state index contributed by atoms with van der Waals surface area (Å²) in [5, 5.41) is 9.93. The zero-order valence-corrected chi connectivity index (χ0v) is 18.7. The fourth-order valence-electron chi connectivity index (χ4n) is 4.11. The van der Waals surface area contributed by atoms with Gasteiger partial charge in [-0.05, 0) is 49.4 Å². The fourth-order valence-corrected chi connectivity index (χ4v) is 4.11. The third-order valence-corrected chi connectivity index (χ3v) is 5.93. The van der Waals surface area contributed by atoms with E-state index in [2.05, 4.69) is 15.5 Å². The van der Waals surface area contributed by atoms with Crippen LogP contribution in [0.5, 0.6) is 0 Å². The number of aryl methyl sites for hydroxylation is 1. The number of H-pyrrole nitrogens is 1. The van der Waals surface area contributed by atoms with Crippen molar-refractivity contribution in [3.8, 4) is 28.2 Å². The molecule has 0 saturated heterocycles. The first-order chi connectivity index (χ1) is 16.6. The highest BCUT2D eigenvalue weighted by atomic mass is 16.2. The second kappa shape index (κ2) is 9.35. The van der Waals surface area contributed by atoms with Crippen LogP contribution in [-0.2, 0) is 11.2 Å². The Morgan fingerprint density at radius 1 is 1.12 bits per heavy atom. The molecular formula is C26H26N6O2. The molecule has 1 saturated carbocycles. The molecular weight excluding hydrogens is 428 g/mol. The summed E-state index contributed by atoms with van der Waals surface area (Å²) in [5.74, 6) is 0.182. The molecule has 34 heavy (non-hydrogen) atoms. The molecule has 2 aromatic carbocycles. The standard InChI is InChI=1S/C26H26N6O2/c27-25(34)22-10-5-9-21(17-14-28-29-15-17)24(22)26-31-19(6-4-11-23(33)30-18-12-13-18)16-32(26)20-7-2-1-3-8-20/h1-3,5,7-10,14-16,18H,4,6,11-13H2,(H2,27,34)(H,28,29)(H,30,33). The van der Waals surface area contributed by atoms with Crippen LogP contribution in [0.3, 0.4) is 0 Å². The average molecular weight is 455 g/mol. The molecule has 4 aromatic rings. The second-order valence-electron chi connectivity index (χ2n) is 8.54. The Morgan fingerprint density at radius 3 is 2.65 bits per heavy atom. The molecule has 0 bridgehead atoms. The molecule has 2 heterocycles. The highest BCUT2D eigenvalue weighted by molar-refractivity contribution is 6.03. The van der Waals surface area contributed by atoms with Crippen LogP contribution in [0.2, 0.25) is 0 Å². The summed E-state index contributed by atoms with van der Waals surface area (Å²) < 4.78 is 1.98. The van der Waals surface area contributed by atoms with Gasteiger partial charge in [-0.2, -0.15) is 5.10 Å². The Hall–Kier alpha value is -4.20. The maximum absolute atomic E-state index is 12.4. The number of hydrogen-bond acceptors (Lipinski definition) is 4. The molecule has 0 radical (unpaired) electrons. The number of benzene rings is 2. The lowest BCUT2D eigenvalue weighted by Crippen LogP contribution is -2.25. The lowest BCUT2D eigenvalue weighted by Gasteiger charge is -2.14. The fraction of sp³-hybridized carbons (Fsp3) is 0.231. The molecule has 1 fully saturated rings. The van der Waals surface area contributed by atoms with Gasteiger partial charge < -0.3 is 11.1 Å². The van der Waals surface area contributed by atoms with Gasteiger partial charge >= 0.3 is 0 Å². The van der Waals surface area contributed by atoms with Crippen molar-refractivity contribution < 1.29 is 9.59 Å². The van der Waals surface area contributed by atoms with Crippen molar-refractivity contribution in [2.24, 2.45) is 5.73 Å². The zero-order chi connectivity index (χ0) is 23.5. The molecule has 2 aromatic heterocycles. The third-order valence-electron chi connectivity index (χ3n) is 5.93. The van der Waals surface area contributed by atoms with Gasteiger partial charge in [0.2, 0.25) is 11.8 Å². The number of aromatic nitrogens is 4. The van der Waals surface area contributed by atoms with E-state index in [0.717, 1.165) is 35.3 Å². The van der Waals surface area contributed by atoms with Gasteiger partial charge in [0.1, 0.15) is 5.82 Å². The Morgan fingerprint density at radius 2 is 1.94 bits per heavy atom. The number of nitrogens with one attached hydrogen (secondary N) is 2. The Labute approximate surface area is 197 Å². The van der Waals surface area contributed by atoms with Gasteiger partial charge in [0.15, 0.2) is 0 Å². The Kier molecular flexibility index (Phi) is 5.95. The summed E-state index contributed by atoms with van der Waals surface area (Å²) >= 11 is 0. The number of primary amides is 1. The molecule has 0 spiro atoms. The van der Waals surface area contributed by atoms with Gasteiger partial charge in [0, 0.05) is 41.7 Å². The van der Waals surface area contributed by atoms with Crippen LogP contribution in [0.25, 0.3) is 28.2 Å². The smallest absolute Gasteiger partial charge is 0.249 e. The van der Waals surface area contributed by atoms with Crippen LogP contribution in [0, 0.1) is 0 Å². The predicted octanol–water partition coefficient (Wildman–Crippen LogP) is 3.63. The number of amides is 2. The summed E-state index contributed by atoms with van der Waals surface area (Å²) in [6.07, 6.45) is 9.41. The number of aromatic amines is 1. The van der Waals surface area contributed by atoms with E-state index in [1.54, 1.807) is 24.5 Å². The van der Waals surface area contributed by atoms with Crippen molar-refractivity contribution in [1.82, 2.24) is 25.1 Å². The van der Waals surface area contributed by atoms with Gasteiger partial charge in [-0.25, -0.2) is 4.98 Å².